The van der Waals surface area contributed by atoms with Gasteiger partial charge in [-0.1, -0.05) is 0 Å². The minimum Gasteiger partial charge on any atom is -0.497 e. The summed E-state index contributed by atoms with van der Waals surface area (Å²) in [6, 6.07) is 5.57. The quantitative estimate of drug-likeness (QED) is 0.821. The molecule has 160 valence electrons. The molecule has 2 fully saturated rings. The first kappa shape index (κ1) is 21.3. The van der Waals surface area contributed by atoms with Crippen molar-refractivity contribution in [2.75, 3.05) is 40.4 Å². The minimum absolute atomic E-state index is 0.0455. The molecule has 0 radical (unpaired) electrons. The molecule has 3 amide bonds. The van der Waals surface area contributed by atoms with Crippen LogP contribution in [0.25, 0.3) is 0 Å². The topological polar surface area (TPSA) is 71.1 Å². The lowest BCUT2D eigenvalue weighted by Gasteiger charge is -2.31. The maximum atomic E-state index is 13.4. The van der Waals surface area contributed by atoms with Gasteiger partial charge in [0.1, 0.15) is 11.5 Å². The molecule has 2 aliphatic rings. The lowest BCUT2D eigenvalue weighted by atomic mass is 9.86. The highest BCUT2D eigenvalue weighted by Gasteiger charge is 2.43. The fourth-order valence-electron chi connectivity index (χ4n) is 4.35. The maximum absolute atomic E-state index is 13.4. The highest BCUT2D eigenvalue weighted by molar-refractivity contribution is 5.83. The van der Waals surface area contributed by atoms with Crippen LogP contribution in [0.5, 0.6) is 11.5 Å². The number of carbonyl (C=O) groups is 2. The van der Waals surface area contributed by atoms with E-state index in [1.807, 2.05) is 36.9 Å². The zero-order valence-corrected chi connectivity index (χ0v) is 17.9. The molecule has 0 aromatic heterocycles. The van der Waals surface area contributed by atoms with Crippen LogP contribution in [0.1, 0.15) is 44.6 Å². The smallest absolute Gasteiger partial charge is 0.317 e. The first-order valence-corrected chi connectivity index (χ1v) is 10.5. The summed E-state index contributed by atoms with van der Waals surface area (Å²) in [7, 11) is 3.25. The lowest BCUT2D eigenvalue weighted by molar-refractivity contribution is -0.136. The summed E-state index contributed by atoms with van der Waals surface area (Å²) in [6.07, 6.45) is 3.26. The molecule has 29 heavy (non-hydrogen) atoms. The Morgan fingerprint density at radius 1 is 1.03 bits per heavy atom. The number of carbonyl (C=O) groups excluding carboxylic acids is 2. The average molecular weight is 404 g/mol. The van der Waals surface area contributed by atoms with Crippen LogP contribution in [-0.4, -0.2) is 68.2 Å². The molecule has 1 aromatic carbocycles. The Bertz CT molecular complexity index is 731. The van der Waals surface area contributed by atoms with Crippen molar-refractivity contribution >= 4 is 11.9 Å². The van der Waals surface area contributed by atoms with Gasteiger partial charge in [-0.05, 0) is 51.3 Å². The monoisotopic (exact) mass is 403 g/mol. The van der Waals surface area contributed by atoms with E-state index >= 15 is 0 Å². The Labute approximate surface area is 173 Å². The van der Waals surface area contributed by atoms with E-state index in [1.54, 1.807) is 19.1 Å². The van der Waals surface area contributed by atoms with E-state index in [9.17, 15) is 9.59 Å². The van der Waals surface area contributed by atoms with Crippen LogP contribution < -0.4 is 14.8 Å². The van der Waals surface area contributed by atoms with Crippen LogP contribution in [0.4, 0.5) is 4.79 Å². The van der Waals surface area contributed by atoms with Gasteiger partial charge in [0.15, 0.2) is 0 Å². The predicted octanol–water partition coefficient (Wildman–Crippen LogP) is 2.85. The van der Waals surface area contributed by atoms with Crippen molar-refractivity contribution in [1.29, 1.82) is 0 Å². The van der Waals surface area contributed by atoms with Crippen LogP contribution in [0, 0.1) is 5.92 Å². The number of benzene rings is 1. The van der Waals surface area contributed by atoms with Crippen LogP contribution >= 0.6 is 0 Å². The Morgan fingerprint density at radius 2 is 1.76 bits per heavy atom. The number of rotatable bonds is 5. The number of hydrogen-bond donors (Lipinski definition) is 1. The number of urea groups is 1. The number of nitrogens with zero attached hydrogens (tertiary/aromatic N) is 2. The van der Waals surface area contributed by atoms with Crippen LogP contribution in [0.2, 0.25) is 0 Å². The summed E-state index contributed by atoms with van der Waals surface area (Å²) in [6.45, 7) is 6.37. The normalized spacial score (nSPS) is 22.0. The van der Waals surface area contributed by atoms with E-state index in [-0.39, 0.29) is 29.8 Å². The van der Waals surface area contributed by atoms with E-state index in [2.05, 4.69) is 5.32 Å². The van der Waals surface area contributed by atoms with Crippen molar-refractivity contribution in [2.24, 2.45) is 5.92 Å². The molecule has 7 nitrogen and oxygen atoms in total. The average Bonchev–Trinajstić information content (AvgIpc) is 3.18. The Balaban J connectivity index is 1.92. The van der Waals surface area contributed by atoms with Gasteiger partial charge in [-0.15, -0.1) is 0 Å². The largest absolute Gasteiger partial charge is 0.497 e. The summed E-state index contributed by atoms with van der Waals surface area (Å²) in [5.41, 5.74) is 0.919. The fourth-order valence-corrected chi connectivity index (χ4v) is 4.35. The minimum atomic E-state index is -0.285. The summed E-state index contributed by atoms with van der Waals surface area (Å²) in [4.78, 5) is 29.8. The molecule has 2 atom stereocenters. The number of amides is 3. The molecule has 2 saturated heterocycles. The van der Waals surface area contributed by atoms with E-state index in [0.29, 0.717) is 13.1 Å². The second kappa shape index (κ2) is 9.37. The molecule has 1 aromatic rings. The van der Waals surface area contributed by atoms with E-state index in [1.165, 1.54) is 6.42 Å². The molecule has 0 unspecified atom stereocenters. The van der Waals surface area contributed by atoms with Crippen molar-refractivity contribution in [3.63, 3.8) is 0 Å². The third-order valence-electron chi connectivity index (χ3n) is 5.84. The van der Waals surface area contributed by atoms with Gasteiger partial charge in [-0.2, -0.15) is 0 Å². The zero-order chi connectivity index (χ0) is 21.0. The van der Waals surface area contributed by atoms with Crippen LogP contribution in [0.15, 0.2) is 18.2 Å². The molecular weight excluding hydrogens is 370 g/mol. The maximum Gasteiger partial charge on any atom is 0.317 e. The molecule has 0 spiro atoms. The number of methoxy groups -OCH3 is 2. The van der Waals surface area contributed by atoms with Crippen molar-refractivity contribution in [3.8, 4) is 11.5 Å². The fraction of sp³-hybridized carbons (Fsp3) is 0.636. The molecular formula is C22H33N3O4. The third-order valence-corrected chi connectivity index (χ3v) is 5.84. The Hall–Kier alpha value is -2.44. The van der Waals surface area contributed by atoms with E-state index < -0.39 is 0 Å². The van der Waals surface area contributed by atoms with Crippen molar-refractivity contribution in [1.82, 2.24) is 15.1 Å². The number of ether oxygens (including phenoxy) is 2. The first-order valence-electron chi connectivity index (χ1n) is 10.5. The van der Waals surface area contributed by atoms with Gasteiger partial charge in [0.25, 0.3) is 0 Å². The summed E-state index contributed by atoms with van der Waals surface area (Å²) < 4.78 is 11.0. The highest BCUT2D eigenvalue weighted by atomic mass is 16.5. The first-order chi connectivity index (χ1) is 13.9. The number of piperidine rings is 1. The molecule has 0 aliphatic carbocycles. The van der Waals surface area contributed by atoms with Crippen LogP contribution in [-0.2, 0) is 4.79 Å². The predicted molar refractivity (Wildman–Crippen MR) is 111 cm³/mol. The van der Waals surface area contributed by atoms with Crippen molar-refractivity contribution in [3.05, 3.63) is 23.8 Å². The number of nitrogens with one attached hydrogen (secondary N) is 1. The zero-order valence-electron chi connectivity index (χ0n) is 17.9. The lowest BCUT2D eigenvalue weighted by Crippen LogP contribution is -2.44. The molecule has 1 N–H and O–H groups in total. The Kier molecular flexibility index (Phi) is 6.87. The van der Waals surface area contributed by atoms with Crippen LogP contribution in [0.3, 0.4) is 0 Å². The standard InChI is InChI=1S/C22H33N3O4/c1-15(2)23-22(27)25-13-18(17-12-16(28-3)8-9-20(17)29-4)19(14-25)21(26)24-10-6-5-7-11-24/h8-9,12,15,18-19H,5-7,10-11,13-14H2,1-4H3,(H,23,27)/t18-,19+/m0/s1. The van der Waals surface area contributed by atoms with E-state index in [0.717, 1.165) is 43.0 Å². The molecule has 0 saturated carbocycles. The molecule has 2 heterocycles. The third kappa shape index (κ3) is 4.77. The second-order valence-corrected chi connectivity index (χ2v) is 8.22. The van der Waals surface area contributed by atoms with Gasteiger partial charge in [0.05, 0.1) is 20.1 Å². The van der Waals surface area contributed by atoms with E-state index in [4.69, 9.17) is 9.47 Å². The van der Waals surface area contributed by atoms with Gasteiger partial charge in [0.2, 0.25) is 5.91 Å². The molecule has 3 rings (SSSR count). The summed E-state index contributed by atoms with van der Waals surface area (Å²) >= 11 is 0. The summed E-state index contributed by atoms with van der Waals surface area (Å²) in [5.74, 6) is 1.16. The van der Waals surface area contributed by atoms with Crippen molar-refractivity contribution in [2.45, 2.75) is 45.1 Å². The molecule has 2 aliphatic heterocycles. The second-order valence-electron chi connectivity index (χ2n) is 8.22. The molecule has 0 bridgehead atoms. The Morgan fingerprint density at radius 3 is 2.38 bits per heavy atom. The number of hydrogen-bond acceptors (Lipinski definition) is 4. The van der Waals surface area contributed by atoms with Gasteiger partial charge < -0.3 is 24.6 Å². The summed E-state index contributed by atoms with van der Waals surface area (Å²) in [5, 5.41) is 2.95. The number of likely N-dealkylation sites (tertiary alicyclic amines) is 2. The SMILES string of the molecule is COc1ccc(OC)c([C@@H]2CN(C(=O)NC(C)C)C[C@H]2C(=O)N2CCCCC2)c1. The van der Waals surface area contributed by atoms with Gasteiger partial charge >= 0.3 is 6.03 Å². The highest BCUT2D eigenvalue weighted by Crippen LogP contribution is 2.40. The van der Waals surface area contributed by atoms with Gasteiger partial charge in [0, 0.05) is 43.7 Å². The van der Waals surface area contributed by atoms with Gasteiger partial charge in [-0.25, -0.2) is 4.79 Å². The molecule has 7 heteroatoms. The van der Waals surface area contributed by atoms with Crippen molar-refractivity contribution < 1.29 is 19.1 Å². The van der Waals surface area contributed by atoms with Gasteiger partial charge in [-0.3, -0.25) is 4.79 Å².